The van der Waals surface area contributed by atoms with Crippen LogP contribution >= 0.6 is 0 Å². The molecule has 0 aliphatic rings. The van der Waals surface area contributed by atoms with Crippen molar-refractivity contribution in [3.63, 3.8) is 0 Å². The lowest BCUT2D eigenvalue weighted by Crippen LogP contribution is -2.38. The quantitative estimate of drug-likeness (QED) is 0.434. The first-order valence-corrected chi connectivity index (χ1v) is 9.97. The van der Waals surface area contributed by atoms with Crippen LogP contribution in [0.4, 0.5) is 0 Å². The van der Waals surface area contributed by atoms with Gasteiger partial charge in [-0.2, -0.15) is 0 Å². The number of nitrogens with zero attached hydrogens (tertiary/aromatic N) is 3. The van der Waals surface area contributed by atoms with Gasteiger partial charge < -0.3 is 19.9 Å². The molecule has 6 heteroatoms. The lowest BCUT2D eigenvalue weighted by molar-refractivity contribution is 0.414. The molecule has 0 aliphatic heterocycles. The van der Waals surface area contributed by atoms with Crippen molar-refractivity contribution in [2.24, 2.45) is 4.99 Å². The van der Waals surface area contributed by atoms with Crippen LogP contribution in [-0.4, -0.2) is 35.7 Å². The Morgan fingerprint density at radius 1 is 1.03 bits per heavy atom. The fraction of sp³-hybridized carbons (Fsp3) is 0.304. The molecule has 6 nitrogen and oxygen atoms in total. The molecule has 0 saturated heterocycles. The number of imidazole rings is 1. The second kappa shape index (κ2) is 10.9. The summed E-state index contributed by atoms with van der Waals surface area (Å²) in [5.74, 6) is 2.73. The molecule has 152 valence electrons. The third kappa shape index (κ3) is 6.38. The summed E-state index contributed by atoms with van der Waals surface area (Å²) >= 11 is 0. The maximum absolute atomic E-state index is 5.20. The van der Waals surface area contributed by atoms with E-state index in [4.69, 9.17) is 4.74 Å². The summed E-state index contributed by atoms with van der Waals surface area (Å²) in [5, 5.41) is 6.70. The third-order valence-electron chi connectivity index (χ3n) is 4.56. The molecule has 0 bridgehead atoms. The van der Waals surface area contributed by atoms with Gasteiger partial charge in [-0.05, 0) is 30.2 Å². The van der Waals surface area contributed by atoms with Crippen LogP contribution in [0.25, 0.3) is 0 Å². The normalized spacial score (nSPS) is 11.3. The van der Waals surface area contributed by atoms with Crippen molar-refractivity contribution in [2.45, 2.75) is 26.4 Å². The molecule has 2 N–H and O–H groups in total. The Balaban J connectivity index is 1.53. The zero-order chi connectivity index (χ0) is 20.3. The van der Waals surface area contributed by atoms with E-state index in [1.807, 2.05) is 42.7 Å². The maximum Gasteiger partial charge on any atom is 0.191 e. The van der Waals surface area contributed by atoms with Gasteiger partial charge in [0.05, 0.1) is 13.7 Å². The topological polar surface area (TPSA) is 63.5 Å². The SMILES string of the molecule is CCNC(=NCc1ccc(OC)cc1)NCCc1nccn1Cc1ccccc1. The Hall–Kier alpha value is -3.28. The maximum atomic E-state index is 5.20. The van der Waals surface area contributed by atoms with Gasteiger partial charge in [-0.3, -0.25) is 0 Å². The highest BCUT2D eigenvalue weighted by Crippen LogP contribution is 2.11. The zero-order valence-electron chi connectivity index (χ0n) is 17.1. The zero-order valence-corrected chi connectivity index (χ0v) is 17.1. The summed E-state index contributed by atoms with van der Waals surface area (Å²) < 4.78 is 7.39. The summed E-state index contributed by atoms with van der Waals surface area (Å²) in [6, 6.07) is 18.4. The van der Waals surface area contributed by atoms with Crippen molar-refractivity contribution in [1.29, 1.82) is 0 Å². The van der Waals surface area contributed by atoms with Crippen LogP contribution < -0.4 is 15.4 Å². The summed E-state index contributed by atoms with van der Waals surface area (Å²) in [7, 11) is 1.67. The molecule has 0 atom stereocenters. The Kier molecular flexibility index (Phi) is 7.69. The molecule has 3 rings (SSSR count). The highest BCUT2D eigenvalue weighted by atomic mass is 16.5. The predicted molar refractivity (Wildman–Crippen MR) is 117 cm³/mol. The molecular weight excluding hydrogens is 362 g/mol. The minimum atomic E-state index is 0.613. The molecule has 0 radical (unpaired) electrons. The highest BCUT2D eigenvalue weighted by Gasteiger charge is 2.05. The monoisotopic (exact) mass is 391 g/mol. The molecule has 0 saturated carbocycles. The molecule has 0 aliphatic carbocycles. The van der Waals surface area contributed by atoms with E-state index in [0.717, 1.165) is 49.2 Å². The van der Waals surface area contributed by atoms with Gasteiger partial charge in [-0.15, -0.1) is 0 Å². The highest BCUT2D eigenvalue weighted by molar-refractivity contribution is 5.79. The smallest absolute Gasteiger partial charge is 0.191 e. The van der Waals surface area contributed by atoms with Gasteiger partial charge in [0.15, 0.2) is 5.96 Å². The average Bonchev–Trinajstić information content (AvgIpc) is 3.20. The van der Waals surface area contributed by atoms with Crippen LogP contribution in [0.15, 0.2) is 72.0 Å². The van der Waals surface area contributed by atoms with Crippen molar-refractivity contribution >= 4 is 5.96 Å². The van der Waals surface area contributed by atoms with E-state index in [9.17, 15) is 0 Å². The number of nitrogens with one attached hydrogen (secondary N) is 2. The fourth-order valence-corrected chi connectivity index (χ4v) is 3.03. The van der Waals surface area contributed by atoms with Gasteiger partial charge >= 0.3 is 0 Å². The average molecular weight is 392 g/mol. The first-order chi connectivity index (χ1) is 14.3. The van der Waals surface area contributed by atoms with Crippen molar-refractivity contribution in [2.75, 3.05) is 20.2 Å². The molecular formula is C23H29N5O. The molecule has 0 fully saturated rings. The van der Waals surface area contributed by atoms with Crippen LogP contribution in [-0.2, 0) is 19.5 Å². The second-order valence-electron chi connectivity index (χ2n) is 6.68. The van der Waals surface area contributed by atoms with Crippen LogP contribution in [0.3, 0.4) is 0 Å². The van der Waals surface area contributed by atoms with E-state index in [0.29, 0.717) is 6.54 Å². The summed E-state index contributed by atoms with van der Waals surface area (Å²) in [5.41, 5.74) is 2.41. The van der Waals surface area contributed by atoms with Gasteiger partial charge in [0.1, 0.15) is 11.6 Å². The van der Waals surface area contributed by atoms with Crippen LogP contribution in [0.2, 0.25) is 0 Å². The largest absolute Gasteiger partial charge is 0.497 e. The van der Waals surface area contributed by atoms with E-state index in [1.165, 1.54) is 5.56 Å². The van der Waals surface area contributed by atoms with E-state index in [2.05, 4.69) is 56.4 Å². The first kappa shape index (κ1) is 20.5. The summed E-state index contributed by atoms with van der Waals surface area (Å²) in [6.45, 7) is 5.10. The van der Waals surface area contributed by atoms with Crippen molar-refractivity contribution in [3.05, 3.63) is 83.9 Å². The molecule has 1 heterocycles. The van der Waals surface area contributed by atoms with E-state index >= 15 is 0 Å². The van der Waals surface area contributed by atoms with Gasteiger partial charge in [-0.1, -0.05) is 42.5 Å². The second-order valence-corrected chi connectivity index (χ2v) is 6.68. The number of hydrogen-bond acceptors (Lipinski definition) is 3. The number of benzene rings is 2. The van der Waals surface area contributed by atoms with Gasteiger partial charge in [0.25, 0.3) is 0 Å². The number of aliphatic imine (C=N–C) groups is 1. The number of ether oxygens (including phenoxy) is 1. The standard InChI is InChI=1S/C23H29N5O/c1-3-24-23(27-17-19-9-11-21(29-2)12-10-19)26-14-13-22-25-15-16-28(22)18-20-7-5-4-6-8-20/h4-12,15-16H,3,13-14,17-18H2,1-2H3,(H2,24,26,27). The minimum Gasteiger partial charge on any atom is -0.497 e. The Morgan fingerprint density at radius 3 is 2.55 bits per heavy atom. The summed E-state index contributed by atoms with van der Waals surface area (Å²) in [6.07, 6.45) is 4.72. The molecule has 0 spiro atoms. The number of hydrogen-bond donors (Lipinski definition) is 2. The number of methoxy groups -OCH3 is 1. The fourth-order valence-electron chi connectivity index (χ4n) is 3.03. The first-order valence-electron chi connectivity index (χ1n) is 9.97. The number of aromatic nitrogens is 2. The van der Waals surface area contributed by atoms with E-state index < -0.39 is 0 Å². The molecule has 0 amide bonds. The van der Waals surface area contributed by atoms with Crippen molar-refractivity contribution < 1.29 is 4.74 Å². The Morgan fingerprint density at radius 2 is 1.83 bits per heavy atom. The van der Waals surface area contributed by atoms with Crippen LogP contribution in [0.1, 0.15) is 23.9 Å². The molecule has 3 aromatic rings. The van der Waals surface area contributed by atoms with Crippen LogP contribution in [0.5, 0.6) is 5.75 Å². The lowest BCUT2D eigenvalue weighted by atomic mass is 10.2. The van der Waals surface area contributed by atoms with Crippen molar-refractivity contribution in [3.8, 4) is 5.75 Å². The molecule has 0 unspecified atom stereocenters. The number of rotatable bonds is 9. The van der Waals surface area contributed by atoms with Crippen LogP contribution in [0, 0.1) is 0 Å². The third-order valence-corrected chi connectivity index (χ3v) is 4.56. The lowest BCUT2D eigenvalue weighted by Gasteiger charge is -2.12. The predicted octanol–water partition coefficient (Wildman–Crippen LogP) is 3.24. The Bertz CT molecular complexity index is 887. The Labute approximate surface area is 172 Å². The van der Waals surface area contributed by atoms with Crippen molar-refractivity contribution in [1.82, 2.24) is 20.2 Å². The molecule has 29 heavy (non-hydrogen) atoms. The van der Waals surface area contributed by atoms with Gasteiger partial charge in [0, 0.05) is 38.4 Å². The van der Waals surface area contributed by atoms with Gasteiger partial charge in [-0.25, -0.2) is 9.98 Å². The molecule has 1 aromatic heterocycles. The van der Waals surface area contributed by atoms with E-state index in [-0.39, 0.29) is 0 Å². The summed E-state index contributed by atoms with van der Waals surface area (Å²) in [4.78, 5) is 9.19. The van der Waals surface area contributed by atoms with Gasteiger partial charge in [0.2, 0.25) is 0 Å². The molecule has 2 aromatic carbocycles. The van der Waals surface area contributed by atoms with E-state index in [1.54, 1.807) is 7.11 Å². The number of guanidine groups is 1. The minimum absolute atomic E-state index is 0.613.